The molecule has 9 nitrogen and oxygen atoms in total. The molecular weight excluding hydrogens is 460 g/mol. The number of pyridine rings is 1. The van der Waals surface area contributed by atoms with E-state index in [1.807, 2.05) is 18.2 Å². The first-order valence-corrected chi connectivity index (χ1v) is 11.3. The Morgan fingerprint density at radius 2 is 1.75 bits per heavy atom. The number of hydrogen-bond donors (Lipinski definition) is 1. The molecular formula is C27H24N4O5. The summed E-state index contributed by atoms with van der Waals surface area (Å²) in [4.78, 5) is 41.4. The largest absolute Gasteiger partial charge is 0.461 e. The van der Waals surface area contributed by atoms with Crippen LogP contribution in [0.15, 0.2) is 85.1 Å². The van der Waals surface area contributed by atoms with Crippen molar-refractivity contribution in [1.82, 2.24) is 14.8 Å². The molecule has 0 unspecified atom stereocenters. The minimum absolute atomic E-state index is 0.131. The fourth-order valence-electron chi connectivity index (χ4n) is 3.58. The first-order valence-electron chi connectivity index (χ1n) is 11.3. The number of carbonyl (C=O) groups excluding carboxylic acids is 3. The molecule has 0 aliphatic heterocycles. The van der Waals surface area contributed by atoms with E-state index < -0.39 is 23.9 Å². The minimum atomic E-state index is -1.11. The molecule has 1 N–H and O–H groups in total. The maximum atomic E-state index is 13.1. The summed E-state index contributed by atoms with van der Waals surface area (Å²) in [7, 11) is 0. The van der Waals surface area contributed by atoms with E-state index in [9.17, 15) is 14.4 Å². The molecule has 0 radical (unpaired) electrons. The maximum Gasteiger partial charge on any atom is 0.358 e. The molecule has 9 heteroatoms. The van der Waals surface area contributed by atoms with E-state index in [1.54, 1.807) is 78.5 Å². The fourth-order valence-corrected chi connectivity index (χ4v) is 3.58. The van der Waals surface area contributed by atoms with Crippen LogP contribution >= 0.6 is 0 Å². The second-order valence-electron chi connectivity index (χ2n) is 7.71. The number of carbonyl (C=O) groups is 3. The zero-order chi connectivity index (χ0) is 25.5. The predicted octanol–water partition coefficient (Wildman–Crippen LogP) is 4.35. The predicted molar refractivity (Wildman–Crippen MR) is 132 cm³/mol. The summed E-state index contributed by atoms with van der Waals surface area (Å²) in [6.45, 7) is 3.19. The van der Waals surface area contributed by atoms with Crippen molar-refractivity contribution in [3.8, 4) is 17.1 Å². The Balaban J connectivity index is 1.67. The van der Waals surface area contributed by atoms with Crippen LogP contribution in [-0.2, 0) is 19.1 Å². The number of anilines is 1. The lowest BCUT2D eigenvalue weighted by Crippen LogP contribution is -2.25. The summed E-state index contributed by atoms with van der Waals surface area (Å²) in [5.41, 5.74) is 2.40. The van der Waals surface area contributed by atoms with Crippen molar-refractivity contribution in [2.75, 3.05) is 11.9 Å². The number of nitrogens with zero attached hydrogens (tertiary/aromatic N) is 3. The maximum absolute atomic E-state index is 13.1. The lowest BCUT2D eigenvalue weighted by atomic mass is 10.1. The van der Waals surface area contributed by atoms with Crippen molar-refractivity contribution in [2.24, 2.45) is 0 Å². The fraction of sp³-hybridized carbons (Fsp3) is 0.148. The van der Waals surface area contributed by atoms with Crippen LogP contribution in [0.1, 0.15) is 36.0 Å². The van der Waals surface area contributed by atoms with Gasteiger partial charge in [-0.2, -0.15) is 5.10 Å². The number of aromatic nitrogens is 3. The highest BCUT2D eigenvalue weighted by Crippen LogP contribution is 2.27. The molecule has 2 aromatic heterocycles. The highest BCUT2D eigenvalue weighted by molar-refractivity contribution is 5.96. The average Bonchev–Trinajstić information content (AvgIpc) is 3.34. The van der Waals surface area contributed by atoms with Crippen LogP contribution in [0.5, 0.6) is 0 Å². The number of rotatable bonds is 8. The Labute approximate surface area is 207 Å². The van der Waals surface area contributed by atoms with Crippen LogP contribution in [0.25, 0.3) is 17.1 Å². The third-order valence-corrected chi connectivity index (χ3v) is 5.11. The summed E-state index contributed by atoms with van der Waals surface area (Å²) in [6, 6.07) is 22.8. The molecule has 0 aliphatic rings. The van der Waals surface area contributed by atoms with Gasteiger partial charge in [-0.1, -0.05) is 48.5 Å². The molecule has 1 amide bonds. The van der Waals surface area contributed by atoms with Gasteiger partial charge in [0.05, 0.1) is 12.3 Å². The van der Waals surface area contributed by atoms with E-state index >= 15 is 0 Å². The van der Waals surface area contributed by atoms with Gasteiger partial charge in [0, 0.05) is 29.9 Å². The van der Waals surface area contributed by atoms with Crippen molar-refractivity contribution in [1.29, 1.82) is 0 Å². The van der Waals surface area contributed by atoms with Crippen molar-refractivity contribution >= 4 is 23.5 Å². The SMILES string of the molecule is CCOC(=O)c1cc(-c2cccc(NC(=O)[C@@H](OC(C)=O)c3ccccc3)c2)n(-c2ccccn2)n1. The molecule has 1 atom stereocenters. The van der Waals surface area contributed by atoms with Gasteiger partial charge < -0.3 is 14.8 Å². The van der Waals surface area contributed by atoms with Crippen LogP contribution in [-0.4, -0.2) is 39.2 Å². The third-order valence-electron chi connectivity index (χ3n) is 5.11. The number of nitrogens with one attached hydrogen (secondary N) is 1. The standard InChI is InChI=1S/C27H24N4O5/c1-3-35-27(34)22-17-23(31(30-22)24-14-7-8-15-28-24)20-12-9-13-21(16-20)29-26(33)25(36-18(2)32)19-10-5-4-6-11-19/h4-17,25H,3H2,1-2H3,(H,29,33)/t25-/m0/s1. The summed E-state index contributed by atoms with van der Waals surface area (Å²) >= 11 is 0. The molecule has 0 spiro atoms. The molecule has 0 fully saturated rings. The number of esters is 2. The third kappa shape index (κ3) is 5.64. The van der Waals surface area contributed by atoms with E-state index in [1.165, 1.54) is 6.92 Å². The molecule has 2 aromatic carbocycles. The second-order valence-corrected chi connectivity index (χ2v) is 7.71. The van der Waals surface area contributed by atoms with Gasteiger partial charge in [-0.15, -0.1) is 0 Å². The lowest BCUT2D eigenvalue weighted by molar-refractivity contribution is -0.152. The van der Waals surface area contributed by atoms with E-state index in [2.05, 4.69) is 15.4 Å². The number of hydrogen-bond acceptors (Lipinski definition) is 7. The monoisotopic (exact) mass is 484 g/mol. The first-order chi connectivity index (χ1) is 17.5. The van der Waals surface area contributed by atoms with E-state index in [0.717, 1.165) is 0 Å². The Bertz CT molecular complexity index is 1370. The van der Waals surface area contributed by atoms with Crippen molar-refractivity contribution in [3.05, 3.63) is 96.3 Å². The smallest absolute Gasteiger partial charge is 0.358 e. The van der Waals surface area contributed by atoms with E-state index in [-0.39, 0.29) is 12.3 Å². The summed E-state index contributed by atoms with van der Waals surface area (Å²) in [5, 5.41) is 7.21. The Kier molecular flexibility index (Phi) is 7.50. The molecule has 0 aliphatic carbocycles. The molecule has 0 bridgehead atoms. The van der Waals surface area contributed by atoms with E-state index in [0.29, 0.717) is 28.3 Å². The molecule has 182 valence electrons. The Hall–Kier alpha value is -4.79. The van der Waals surface area contributed by atoms with Gasteiger partial charge in [0.2, 0.25) is 6.10 Å². The van der Waals surface area contributed by atoms with Crippen molar-refractivity contribution < 1.29 is 23.9 Å². The lowest BCUT2D eigenvalue weighted by Gasteiger charge is -2.17. The van der Waals surface area contributed by atoms with Crippen LogP contribution in [0, 0.1) is 0 Å². The Morgan fingerprint density at radius 3 is 2.44 bits per heavy atom. The quantitative estimate of drug-likeness (QED) is 0.370. The molecule has 4 aromatic rings. The normalized spacial score (nSPS) is 11.4. The van der Waals surface area contributed by atoms with Gasteiger partial charge in [-0.25, -0.2) is 14.5 Å². The summed E-state index contributed by atoms with van der Waals surface area (Å²) in [6.07, 6.45) is 0.516. The molecule has 36 heavy (non-hydrogen) atoms. The molecule has 4 rings (SSSR count). The van der Waals surface area contributed by atoms with Crippen LogP contribution in [0.4, 0.5) is 5.69 Å². The highest BCUT2D eigenvalue weighted by atomic mass is 16.5. The highest BCUT2D eigenvalue weighted by Gasteiger charge is 2.24. The van der Waals surface area contributed by atoms with Gasteiger partial charge in [-0.05, 0) is 37.3 Å². The van der Waals surface area contributed by atoms with Gasteiger partial charge >= 0.3 is 11.9 Å². The molecule has 2 heterocycles. The first kappa shape index (κ1) is 24.3. The minimum Gasteiger partial charge on any atom is -0.461 e. The van der Waals surface area contributed by atoms with E-state index in [4.69, 9.17) is 9.47 Å². The zero-order valence-electron chi connectivity index (χ0n) is 19.8. The second kappa shape index (κ2) is 11.1. The van der Waals surface area contributed by atoms with Crippen molar-refractivity contribution in [3.63, 3.8) is 0 Å². The number of amides is 1. The molecule has 0 saturated heterocycles. The van der Waals surface area contributed by atoms with Crippen LogP contribution < -0.4 is 5.32 Å². The summed E-state index contributed by atoms with van der Waals surface area (Å²) < 4.78 is 11.9. The van der Waals surface area contributed by atoms with Crippen molar-refractivity contribution in [2.45, 2.75) is 20.0 Å². The topological polar surface area (TPSA) is 112 Å². The average molecular weight is 485 g/mol. The Morgan fingerprint density at radius 1 is 0.972 bits per heavy atom. The van der Waals surface area contributed by atoms with Crippen LogP contribution in [0.2, 0.25) is 0 Å². The van der Waals surface area contributed by atoms with Gasteiger partial charge in [0.1, 0.15) is 0 Å². The van der Waals surface area contributed by atoms with Crippen LogP contribution in [0.3, 0.4) is 0 Å². The van der Waals surface area contributed by atoms with Gasteiger partial charge in [0.25, 0.3) is 5.91 Å². The van der Waals surface area contributed by atoms with Gasteiger partial charge in [0.15, 0.2) is 11.5 Å². The van der Waals surface area contributed by atoms with Gasteiger partial charge in [-0.3, -0.25) is 9.59 Å². The summed E-state index contributed by atoms with van der Waals surface area (Å²) in [5.74, 6) is -1.11. The number of benzene rings is 2. The molecule has 0 saturated carbocycles. The zero-order valence-corrected chi connectivity index (χ0v) is 19.8. The number of ether oxygens (including phenoxy) is 2.